The second-order valence-electron chi connectivity index (χ2n) is 6.75. The zero-order valence-electron chi connectivity index (χ0n) is 14.7. The molecular formula is C20H21F3N2OS. The van der Waals surface area contributed by atoms with Gasteiger partial charge < -0.3 is 5.32 Å². The number of benzene rings is 1. The Kier molecular flexibility index (Phi) is 6.42. The summed E-state index contributed by atoms with van der Waals surface area (Å²) in [5.41, 5.74) is 1.63. The Balaban J connectivity index is 1.58. The summed E-state index contributed by atoms with van der Waals surface area (Å²) >= 11 is 1.58. The Morgan fingerprint density at radius 3 is 2.78 bits per heavy atom. The van der Waals surface area contributed by atoms with Crippen molar-refractivity contribution in [3.63, 3.8) is 0 Å². The number of rotatable bonds is 5. The molecule has 1 aromatic carbocycles. The van der Waals surface area contributed by atoms with Crippen molar-refractivity contribution in [2.45, 2.75) is 42.6 Å². The van der Waals surface area contributed by atoms with Crippen LogP contribution in [-0.2, 0) is 10.5 Å². The lowest BCUT2D eigenvalue weighted by Crippen LogP contribution is -2.34. The lowest BCUT2D eigenvalue weighted by molar-refractivity contribution is -0.185. The van der Waals surface area contributed by atoms with Crippen molar-refractivity contribution in [1.29, 1.82) is 0 Å². The molecule has 0 radical (unpaired) electrons. The van der Waals surface area contributed by atoms with Gasteiger partial charge in [0.2, 0.25) is 5.91 Å². The summed E-state index contributed by atoms with van der Waals surface area (Å²) in [6.45, 7) is 0. The molecular weight excluding hydrogens is 373 g/mol. The molecule has 2 atom stereocenters. The molecule has 144 valence electrons. The molecule has 2 unspecified atom stereocenters. The van der Waals surface area contributed by atoms with Gasteiger partial charge in [0.05, 0.1) is 10.9 Å². The first-order valence-electron chi connectivity index (χ1n) is 8.92. The predicted octanol–water partition coefficient (Wildman–Crippen LogP) is 5.68. The number of carbonyl (C=O) groups is 1. The summed E-state index contributed by atoms with van der Waals surface area (Å²) < 4.78 is 38.8. The first kappa shape index (κ1) is 19.7. The fourth-order valence-corrected chi connectivity index (χ4v) is 4.10. The van der Waals surface area contributed by atoms with Crippen LogP contribution >= 0.6 is 11.8 Å². The topological polar surface area (TPSA) is 42.0 Å². The average molecular weight is 394 g/mol. The van der Waals surface area contributed by atoms with E-state index < -0.39 is 18.0 Å². The highest BCUT2D eigenvalue weighted by Crippen LogP contribution is 2.40. The van der Waals surface area contributed by atoms with Crippen molar-refractivity contribution in [3.8, 4) is 0 Å². The standard InChI is InChI=1S/C20H21F3N2OS/c21-20(22,23)16-7-4-6-15(12-16)19(26)25-17-8-3-5-14(11-17)13-27-18-9-1-2-10-24-18/h1-3,5,8-11,15-16H,4,6-7,12-13H2,(H,25,26). The molecule has 1 heterocycles. The van der Waals surface area contributed by atoms with Crippen LogP contribution < -0.4 is 5.32 Å². The zero-order chi connectivity index (χ0) is 19.3. The maximum Gasteiger partial charge on any atom is 0.391 e. The lowest BCUT2D eigenvalue weighted by atomic mass is 9.80. The Labute approximate surface area is 160 Å². The van der Waals surface area contributed by atoms with Gasteiger partial charge in [0.1, 0.15) is 0 Å². The Morgan fingerprint density at radius 1 is 1.19 bits per heavy atom. The van der Waals surface area contributed by atoms with Crippen molar-refractivity contribution in [3.05, 3.63) is 54.2 Å². The summed E-state index contributed by atoms with van der Waals surface area (Å²) in [6, 6.07) is 13.1. The van der Waals surface area contributed by atoms with Gasteiger partial charge in [-0.1, -0.05) is 24.6 Å². The quantitative estimate of drug-likeness (QED) is 0.663. The van der Waals surface area contributed by atoms with Gasteiger partial charge in [0.25, 0.3) is 0 Å². The molecule has 3 rings (SSSR count). The first-order valence-corrected chi connectivity index (χ1v) is 9.91. The molecule has 0 bridgehead atoms. The van der Waals surface area contributed by atoms with Gasteiger partial charge in [-0.25, -0.2) is 4.98 Å². The largest absolute Gasteiger partial charge is 0.391 e. The number of carbonyl (C=O) groups excluding carboxylic acids is 1. The van der Waals surface area contributed by atoms with Crippen LogP contribution in [0.25, 0.3) is 0 Å². The van der Waals surface area contributed by atoms with Gasteiger partial charge in [-0.2, -0.15) is 13.2 Å². The van der Waals surface area contributed by atoms with Crippen LogP contribution in [0.5, 0.6) is 0 Å². The van der Waals surface area contributed by atoms with Crippen molar-refractivity contribution in [2.24, 2.45) is 11.8 Å². The van der Waals surface area contributed by atoms with Crippen molar-refractivity contribution in [2.75, 3.05) is 5.32 Å². The van der Waals surface area contributed by atoms with Gasteiger partial charge in [-0.3, -0.25) is 4.79 Å². The number of hydrogen-bond donors (Lipinski definition) is 1. The number of amides is 1. The molecule has 0 spiro atoms. The second kappa shape index (κ2) is 8.78. The Bertz CT molecular complexity index is 767. The third kappa shape index (κ3) is 5.73. The van der Waals surface area contributed by atoms with Crippen LogP contribution in [0.4, 0.5) is 18.9 Å². The molecule has 7 heteroatoms. The minimum absolute atomic E-state index is 0.119. The van der Waals surface area contributed by atoms with Gasteiger partial charge in [0, 0.05) is 23.6 Å². The van der Waals surface area contributed by atoms with Crippen LogP contribution in [0.2, 0.25) is 0 Å². The van der Waals surface area contributed by atoms with E-state index in [1.165, 1.54) is 0 Å². The molecule has 3 nitrogen and oxygen atoms in total. The summed E-state index contributed by atoms with van der Waals surface area (Å²) in [5.74, 6) is -1.58. The molecule has 2 aromatic rings. The Hall–Kier alpha value is -2.02. The molecule has 1 N–H and O–H groups in total. The average Bonchev–Trinajstić information content (AvgIpc) is 2.67. The van der Waals surface area contributed by atoms with E-state index in [9.17, 15) is 18.0 Å². The molecule has 1 aliphatic carbocycles. The van der Waals surface area contributed by atoms with Crippen molar-refractivity contribution >= 4 is 23.4 Å². The highest BCUT2D eigenvalue weighted by atomic mass is 32.2. The number of aromatic nitrogens is 1. The fourth-order valence-electron chi connectivity index (χ4n) is 3.30. The molecule has 1 saturated carbocycles. The molecule has 1 aromatic heterocycles. The minimum Gasteiger partial charge on any atom is -0.326 e. The van der Waals surface area contributed by atoms with E-state index in [-0.39, 0.29) is 18.7 Å². The third-order valence-electron chi connectivity index (χ3n) is 4.73. The number of anilines is 1. The smallest absolute Gasteiger partial charge is 0.326 e. The zero-order valence-corrected chi connectivity index (χ0v) is 15.5. The van der Waals surface area contributed by atoms with E-state index >= 15 is 0 Å². The SMILES string of the molecule is O=C(Nc1cccc(CSc2ccccn2)c1)C1CCCC(C(F)(F)F)C1. The summed E-state index contributed by atoms with van der Waals surface area (Å²) in [4.78, 5) is 16.7. The monoisotopic (exact) mass is 394 g/mol. The Morgan fingerprint density at radius 2 is 2.04 bits per heavy atom. The van der Waals surface area contributed by atoms with Crippen molar-refractivity contribution < 1.29 is 18.0 Å². The normalized spacial score (nSPS) is 20.3. The second-order valence-corrected chi connectivity index (χ2v) is 7.74. The van der Waals surface area contributed by atoms with Gasteiger partial charge in [-0.05, 0) is 49.1 Å². The molecule has 27 heavy (non-hydrogen) atoms. The van der Waals surface area contributed by atoms with Crippen LogP contribution in [0.1, 0.15) is 31.2 Å². The fraction of sp³-hybridized carbons (Fsp3) is 0.400. The highest BCUT2D eigenvalue weighted by Gasteiger charge is 2.43. The van der Waals surface area contributed by atoms with Gasteiger partial charge >= 0.3 is 6.18 Å². The van der Waals surface area contributed by atoms with E-state index in [4.69, 9.17) is 0 Å². The van der Waals surface area contributed by atoms with E-state index in [1.807, 2.05) is 36.4 Å². The lowest BCUT2D eigenvalue weighted by Gasteiger charge is -2.29. The van der Waals surface area contributed by atoms with Crippen LogP contribution in [0.3, 0.4) is 0 Å². The first-order chi connectivity index (χ1) is 12.9. The number of halogens is 3. The van der Waals surface area contributed by atoms with E-state index in [1.54, 1.807) is 24.0 Å². The number of nitrogens with one attached hydrogen (secondary N) is 1. The van der Waals surface area contributed by atoms with E-state index in [0.29, 0.717) is 24.3 Å². The predicted molar refractivity (Wildman–Crippen MR) is 100 cm³/mol. The van der Waals surface area contributed by atoms with E-state index in [0.717, 1.165) is 10.6 Å². The number of pyridine rings is 1. The highest BCUT2D eigenvalue weighted by molar-refractivity contribution is 7.98. The van der Waals surface area contributed by atoms with Gasteiger partial charge in [-0.15, -0.1) is 11.8 Å². The molecule has 1 amide bonds. The maximum atomic E-state index is 12.9. The summed E-state index contributed by atoms with van der Waals surface area (Å²) in [5, 5.41) is 3.70. The molecule has 1 aliphatic rings. The van der Waals surface area contributed by atoms with Crippen LogP contribution in [-0.4, -0.2) is 17.1 Å². The molecule has 1 fully saturated rings. The number of hydrogen-bond acceptors (Lipinski definition) is 3. The third-order valence-corrected chi connectivity index (χ3v) is 5.74. The minimum atomic E-state index is -4.22. The number of nitrogens with zero attached hydrogens (tertiary/aromatic N) is 1. The summed E-state index contributed by atoms with van der Waals surface area (Å²) in [6.07, 6.45) is -1.55. The maximum absolute atomic E-state index is 12.9. The van der Waals surface area contributed by atoms with Crippen LogP contribution in [0, 0.1) is 11.8 Å². The number of thioether (sulfide) groups is 1. The van der Waals surface area contributed by atoms with Crippen molar-refractivity contribution in [1.82, 2.24) is 4.98 Å². The van der Waals surface area contributed by atoms with E-state index in [2.05, 4.69) is 10.3 Å². The molecule has 0 aliphatic heterocycles. The van der Waals surface area contributed by atoms with Gasteiger partial charge in [0.15, 0.2) is 0 Å². The molecule has 0 saturated heterocycles. The summed E-state index contributed by atoms with van der Waals surface area (Å²) in [7, 11) is 0. The number of alkyl halides is 3. The van der Waals surface area contributed by atoms with Crippen LogP contribution in [0.15, 0.2) is 53.7 Å².